The molecular formula is C22H23FN2O3. The zero-order valence-electron chi connectivity index (χ0n) is 16.0. The molecule has 28 heavy (non-hydrogen) atoms. The Morgan fingerprint density at radius 2 is 1.71 bits per heavy atom. The smallest absolute Gasteiger partial charge is 0.261 e. The average Bonchev–Trinajstić information content (AvgIpc) is 3.20. The van der Waals surface area contributed by atoms with Gasteiger partial charge < -0.3 is 19.0 Å². The number of ether oxygens (including phenoxy) is 1. The van der Waals surface area contributed by atoms with Gasteiger partial charge in [-0.3, -0.25) is 4.79 Å². The fourth-order valence-electron chi connectivity index (χ4n) is 2.71. The fourth-order valence-corrected chi connectivity index (χ4v) is 2.71. The molecule has 3 rings (SSSR count). The van der Waals surface area contributed by atoms with Gasteiger partial charge in [0.15, 0.2) is 6.61 Å². The van der Waals surface area contributed by atoms with Gasteiger partial charge in [-0.1, -0.05) is 12.1 Å². The van der Waals surface area contributed by atoms with E-state index in [4.69, 9.17) is 9.15 Å². The molecule has 0 aliphatic carbocycles. The number of carbonyl (C=O) groups is 1. The molecule has 0 saturated heterocycles. The van der Waals surface area contributed by atoms with Crippen LogP contribution in [-0.4, -0.2) is 31.5 Å². The van der Waals surface area contributed by atoms with E-state index in [2.05, 4.69) is 0 Å². The summed E-state index contributed by atoms with van der Waals surface area (Å²) in [6.07, 6.45) is 1.58. The number of rotatable bonds is 8. The van der Waals surface area contributed by atoms with Crippen LogP contribution >= 0.6 is 0 Å². The van der Waals surface area contributed by atoms with Crippen LogP contribution in [0.4, 0.5) is 10.1 Å². The number of anilines is 1. The van der Waals surface area contributed by atoms with Crippen molar-refractivity contribution in [3.05, 3.63) is 84.1 Å². The molecule has 2 aromatic carbocycles. The van der Waals surface area contributed by atoms with Gasteiger partial charge >= 0.3 is 0 Å². The van der Waals surface area contributed by atoms with E-state index in [1.165, 1.54) is 24.3 Å². The summed E-state index contributed by atoms with van der Waals surface area (Å²) in [5, 5.41) is 0. The highest BCUT2D eigenvalue weighted by Crippen LogP contribution is 2.17. The van der Waals surface area contributed by atoms with Crippen LogP contribution in [0.5, 0.6) is 5.75 Å². The van der Waals surface area contributed by atoms with Gasteiger partial charge in [0.25, 0.3) is 5.91 Å². The third-order valence-corrected chi connectivity index (χ3v) is 4.28. The lowest BCUT2D eigenvalue weighted by Gasteiger charge is -2.22. The summed E-state index contributed by atoms with van der Waals surface area (Å²) in [5.74, 6) is 0.611. The monoisotopic (exact) mass is 382 g/mol. The van der Waals surface area contributed by atoms with Crippen molar-refractivity contribution in [1.82, 2.24) is 4.90 Å². The van der Waals surface area contributed by atoms with Crippen molar-refractivity contribution in [3.8, 4) is 5.75 Å². The predicted octanol–water partition coefficient (Wildman–Crippen LogP) is 4.09. The SMILES string of the molecule is CN(C)c1ccc(CN(Cc2ccco2)C(=O)COc2ccc(F)cc2)cc1. The van der Waals surface area contributed by atoms with Crippen LogP contribution in [0.3, 0.4) is 0 Å². The van der Waals surface area contributed by atoms with E-state index < -0.39 is 0 Å². The lowest BCUT2D eigenvalue weighted by molar-refractivity contribution is -0.134. The van der Waals surface area contributed by atoms with Crippen LogP contribution in [0.2, 0.25) is 0 Å². The standard InChI is InChI=1S/C22H23FN2O3/c1-24(2)19-9-5-17(6-10-19)14-25(15-21-4-3-13-27-21)22(26)16-28-20-11-7-18(23)8-12-20/h3-13H,14-16H2,1-2H3. The number of hydrogen-bond donors (Lipinski definition) is 0. The van der Waals surface area contributed by atoms with E-state index in [0.29, 0.717) is 24.6 Å². The zero-order valence-corrected chi connectivity index (χ0v) is 16.0. The summed E-state index contributed by atoms with van der Waals surface area (Å²) in [5.41, 5.74) is 2.10. The molecule has 0 aliphatic heterocycles. The number of benzene rings is 2. The minimum Gasteiger partial charge on any atom is -0.484 e. The van der Waals surface area contributed by atoms with Gasteiger partial charge in [0, 0.05) is 26.3 Å². The quantitative estimate of drug-likeness (QED) is 0.589. The maximum Gasteiger partial charge on any atom is 0.261 e. The first-order chi connectivity index (χ1) is 13.5. The maximum absolute atomic E-state index is 13.0. The van der Waals surface area contributed by atoms with Crippen molar-refractivity contribution in [1.29, 1.82) is 0 Å². The highest BCUT2D eigenvalue weighted by Gasteiger charge is 2.17. The summed E-state index contributed by atoms with van der Waals surface area (Å²) in [7, 11) is 3.96. The van der Waals surface area contributed by atoms with Crippen molar-refractivity contribution in [2.24, 2.45) is 0 Å². The summed E-state index contributed by atoms with van der Waals surface area (Å²) in [4.78, 5) is 16.5. The molecule has 5 nitrogen and oxygen atoms in total. The molecule has 0 bridgehead atoms. The van der Waals surface area contributed by atoms with Gasteiger partial charge in [0.05, 0.1) is 12.8 Å². The summed E-state index contributed by atoms with van der Waals surface area (Å²) in [6.45, 7) is 0.635. The molecule has 146 valence electrons. The van der Waals surface area contributed by atoms with Crippen molar-refractivity contribution in [3.63, 3.8) is 0 Å². The Hall–Kier alpha value is -3.28. The first kappa shape index (κ1) is 19.5. The van der Waals surface area contributed by atoms with Crippen LogP contribution < -0.4 is 9.64 Å². The average molecular weight is 382 g/mol. The van der Waals surface area contributed by atoms with Crippen LogP contribution in [0.25, 0.3) is 0 Å². The van der Waals surface area contributed by atoms with Gasteiger partial charge in [0.2, 0.25) is 0 Å². The molecule has 0 radical (unpaired) electrons. The van der Waals surface area contributed by atoms with Crippen molar-refractivity contribution in [2.75, 3.05) is 25.6 Å². The van der Waals surface area contributed by atoms with Crippen molar-refractivity contribution in [2.45, 2.75) is 13.1 Å². The van der Waals surface area contributed by atoms with E-state index in [0.717, 1.165) is 11.3 Å². The molecule has 0 fully saturated rings. The normalized spacial score (nSPS) is 10.5. The lowest BCUT2D eigenvalue weighted by Crippen LogP contribution is -2.34. The number of furan rings is 1. The minimum absolute atomic E-state index is 0.137. The third kappa shape index (κ3) is 5.36. The molecule has 1 aromatic heterocycles. The molecule has 0 saturated carbocycles. The second-order valence-corrected chi connectivity index (χ2v) is 6.63. The molecule has 0 aliphatic rings. The van der Waals surface area contributed by atoms with Crippen LogP contribution in [-0.2, 0) is 17.9 Å². The Balaban J connectivity index is 1.68. The Kier molecular flexibility index (Phi) is 6.32. The van der Waals surface area contributed by atoms with E-state index in [9.17, 15) is 9.18 Å². The second-order valence-electron chi connectivity index (χ2n) is 6.63. The van der Waals surface area contributed by atoms with Crippen molar-refractivity contribution >= 4 is 11.6 Å². The van der Waals surface area contributed by atoms with Gasteiger partial charge in [-0.2, -0.15) is 0 Å². The third-order valence-electron chi connectivity index (χ3n) is 4.28. The maximum atomic E-state index is 13.0. The Labute approximate surface area is 163 Å². The van der Waals surface area contributed by atoms with Crippen LogP contribution in [0, 0.1) is 5.82 Å². The summed E-state index contributed by atoms with van der Waals surface area (Å²) >= 11 is 0. The van der Waals surface area contributed by atoms with Crippen molar-refractivity contribution < 1.29 is 18.3 Å². The molecule has 1 amide bonds. The Bertz CT molecular complexity index is 875. The van der Waals surface area contributed by atoms with Gasteiger partial charge in [-0.15, -0.1) is 0 Å². The van der Waals surface area contributed by atoms with Gasteiger partial charge in [-0.25, -0.2) is 4.39 Å². The fraction of sp³-hybridized carbons (Fsp3) is 0.227. The van der Waals surface area contributed by atoms with E-state index >= 15 is 0 Å². The predicted molar refractivity (Wildman–Crippen MR) is 106 cm³/mol. The van der Waals surface area contributed by atoms with E-state index in [-0.39, 0.29) is 18.3 Å². The molecule has 0 spiro atoms. The zero-order chi connectivity index (χ0) is 19.9. The molecule has 3 aromatic rings. The first-order valence-electron chi connectivity index (χ1n) is 8.96. The van der Waals surface area contributed by atoms with Gasteiger partial charge in [-0.05, 0) is 54.1 Å². The number of carbonyl (C=O) groups excluding carboxylic acids is 1. The number of amides is 1. The molecule has 6 heteroatoms. The minimum atomic E-state index is -0.348. The van der Waals surface area contributed by atoms with Crippen LogP contribution in [0.15, 0.2) is 71.3 Å². The lowest BCUT2D eigenvalue weighted by atomic mass is 10.2. The van der Waals surface area contributed by atoms with E-state index in [1.807, 2.05) is 49.3 Å². The van der Waals surface area contributed by atoms with Gasteiger partial charge in [0.1, 0.15) is 17.3 Å². The van der Waals surface area contributed by atoms with E-state index in [1.54, 1.807) is 17.2 Å². The molecule has 0 N–H and O–H groups in total. The second kappa shape index (κ2) is 9.08. The highest BCUT2D eigenvalue weighted by molar-refractivity contribution is 5.77. The number of hydrogen-bond acceptors (Lipinski definition) is 4. The molecule has 0 unspecified atom stereocenters. The summed E-state index contributed by atoms with van der Waals surface area (Å²) in [6, 6.07) is 17.2. The number of halogens is 1. The first-order valence-corrected chi connectivity index (χ1v) is 8.96. The van der Waals surface area contributed by atoms with Crippen LogP contribution in [0.1, 0.15) is 11.3 Å². The highest BCUT2D eigenvalue weighted by atomic mass is 19.1. The molecule has 1 heterocycles. The Morgan fingerprint density at radius 1 is 1.00 bits per heavy atom. The Morgan fingerprint density at radius 3 is 2.32 bits per heavy atom. The topological polar surface area (TPSA) is 45.9 Å². The summed E-state index contributed by atoms with van der Waals surface area (Å²) < 4.78 is 23.9. The number of nitrogens with zero attached hydrogens (tertiary/aromatic N) is 2. The molecule has 0 atom stereocenters. The largest absolute Gasteiger partial charge is 0.484 e. The molecular weight excluding hydrogens is 359 g/mol.